The van der Waals surface area contributed by atoms with Gasteiger partial charge >= 0.3 is 5.97 Å². The number of aliphatic imine (C=N–C) groups is 1. The minimum absolute atomic E-state index is 0.166. The molecule has 0 radical (unpaired) electrons. The molecule has 0 aliphatic carbocycles. The van der Waals surface area contributed by atoms with E-state index in [0.717, 1.165) is 5.56 Å². The van der Waals surface area contributed by atoms with Crippen LogP contribution in [0, 0.1) is 0 Å². The standard InChI is InChI=1S/C16H11NO5/c18-16-11(17-15(22-16)13-2-1-5-19-13)8-10-3-4-12-14(9-10)21-7-6-20-12/h1-5,8-9H,6-7H2/b11-8+. The summed E-state index contributed by atoms with van der Waals surface area (Å²) in [4.78, 5) is 16.0. The van der Waals surface area contributed by atoms with Gasteiger partial charge in [-0.15, -0.1) is 0 Å². The fraction of sp³-hybridized carbons (Fsp3) is 0.125. The number of cyclic esters (lactones) is 1. The van der Waals surface area contributed by atoms with Gasteiger partial charge < -0.3 is 18.6 Å². The summed E-state index contributed by atoms with van der Waals surface area (Å²) in [5.41, 5.74) is 0.990. The molecule has 2 aliphatic rings. The van der Waals surface area contributed by atoms with E-state index in [1.165, 1.54) is 6.26 Å². The molecular weight excluding hydrogens is 286 g/mol. The van der Waals surface area contributed by atoms with Crippen LogP contribution in [0.1, 0.15) is 11.3 Å². The molecule has 0 amide bonds. The summed E-state index contributed by atoms with van der Waals surface area (Å²) in [5, 5.41) is 0. The Kier molecular flexibility index (Phi) is 2.93. The predicted molar refractivity (Wildman–Crippen MR) is 76.7 cm³/mol. The van der Waals surface area contributed by atoms with Crippen LogP contribution in [0.15, 0.2) is 51.7 Å². The average molecular weight is 297 g/mol. The lowest BCUT2D eigenvalue weighted by Crippen LogP contribution is -2.15. The Labute approximate surface area is 125 Å². The van der Waals surface area contributed by atoms with E-state index in [9.17, 15) is 4.79 Å². The highest BCUT2D eigenvalue weighted by atomic mass is 16.6. The van der Waals surface area contributed by atoms with Gasteiger partial charge in [-0.1, -0.05) is 6.07 Å². The maximum absolute atomic E-state index is 11.9. The van der Waals surface area contributed by atoms with E-state index in [2.05, 4.69) is 4.99 Å². The number of carbonyl (C=O) groups excluding carboxylic acids is 1. The third-order valence-corrected chi connectivity index (χ3v) is 3.22. The molecule has 0 bridgehead atoms. The maximum atomic E-state index is 11.9. The van der Waals surface area contributed by atoms with Crippen LogP contribution >= 0.6 is 0 Å². The molecule has 0 N–H and O–H groups in total. The minimum Gasteiger partial charge on any atom is -0.486 e. The summed E-state index contributed by atoms with van der Waals surface area (Å²) in [5.74, 6) is 1.42. The Bertz CT molecular complexity index is 789. The molecule has 6 nitrogen and oxygen atoms in total. The zero-order chi connectivity index (χ0) is 14.9. The Morgan fingerprint density at radius 1 is 1.09 bits per heavy atom. The van der Waals surface area contributed by atoms with Crippen LogP contribution in [-0.2, 0) is 9.53 Å². The van der Waals surface area contributed by atoms with Crippen molar-refractivity contribution in [1.82, 2.24) is 0 Å². The molecular formula is C16H11NO5. The minimum atomic E-state index is -0.513. The molecule has 22 heavy (non-hydrogen) atoms. The number of carbonyl (C=O) groups is 1. The van der Waals surface area contributed by atoms with Crippen molar-refractivity contribution < 1.29 is 23.4 Å². The van der Waals surface area contributed by atoms with Gasteiger partial charge in [-0.2, -0.15) is 0 Å². The molecule has 0 saturated carbocycles. The van der Waals surface area contributed by atoms with Crippen molar-refractivity contribution >= 4 is 17.9 Å². The molecule has 2 aliphatic heterocycles. The maximum Gasteiger partial charge on any atom is 0.363 e. The van der Waals surface area contributed by atoms with Crippen LogP contribution in [0.3, 0.4) is 0 Å². The zero-order valence-corrected chi connectivity index (χ0v) is 11.4. The number of rotatable bonds is 2. The molecule has 110 valence electrons. The normalized spacial score (nSPS) is 18.3. The van der Waals surface area contributed by atoms with Gasteiger partial charge in [0.25, 0.3) is 5.90 Å². The summed E-state index contributed by atoms with van der Waals surface area (Å²) in [6.45, 7) is 1.05. The van der Waals surface area contributed by atoms with Crippen LogP contribution in [-0.4, -0.2) is 25.1 Å². The summed E-state index contributed by atoms with van der Waals surface area (Å²) in [6, 6.07) is 8.81. The highest BCUT2D eigenvalue weighted by Gasteiger charge is 2.25. The van der Waals surface area contributed by atoms with E-state index in [4.69, 9.17) is 18.6 Å². The average Bonchev–Trinajstić information content (AvgIpc) is 3.18. The Morgan fingerprint density at radius 3 is 2.77 bits per heavy atom. The van der Waals surface area contributed by atoms with E-state index in [1.54, 1.807) is 30.3 Å². The van der Waals surface area contributed by atoms with Gasteiger partial charge in [0.05, 0.1) is 6.26 Å². The van der Waals surface area contributed by atoms with E-state index in [0.29, 0.717) is 30.5 Å². The van der Waals surface area contributed by atoms with E-state index in [-0.39, 0.29) is 11.6 Å². The van der Waals surface area contributed by atoms with Crippen molar-refractivity contribution in [3.63, 3.8) is 0 Å². The second-order valence-corrected chi connectivity index (χ2v) is 4.72. The lowest BCUT2D eigenvalue weighted by Gasteiger charge is -2.18. The van der Waals surface area contributed by atoms with E-state index in [1.807, 2.05) is 6.07 Å². The van der Waals surface area contributed by atoms with Gasteiger partial charge in [0.15, 0.2) is 23.0 Å². The second kappa shape index (κ2) is 5.07. The summed E-state index contributed by atoms with van der Waals surface area (Å²) in [6.07, 6.45) is 3.13. The van der Waals surface area contributed by atoms with Gasteiger partial charge in [0.2, 0.25) is 0 Å². The molecule has 1 aromatic carbocycles. The lowest BCUT2D eigenvalue weighted by atomic mass is 10.1. The second-order valence-electron chi connectivity index (χ2n) is 4.72. The SMILES string of the molecule is O=C1OC(c2ccco2)=N/C1=C/c1ccc2c(c1)OCCO2. The molecule has 0 fully saturated rings. The van der Waals surface area contributed by atoms with Crippen LogP contribution in [0.4, 0.5) is 0 Å². The number of ether oxygens (including phenoxy) is 3. The first kappa shape index (κ1) is 12.7. The smallest absolute Gasteiger partial charge is 0.363 e. The first-order valence-corrected chi connectivity index (χ1v) is 6.76. The van der Waals surface area contributed by atoms with Gasteiger partial charge in [0, 0.05) is 0 Å². The molecule has 3 heterocycles. The van der Waals surface area contributed by atoms with Crippen LogP contribution in [0.25, 0.3) is 6.08 Å². The largest absolute Gasteiger partial charge is 0.486 e. The van der Waals surface area contributed by atoms with Crippen LogP contribution in [0.5, 0.6) is 11.5 Å². The molecule has 0 unspecified atom stereocenters. The van der Waals surface area contributed by atoms with Gasteiger partial charge in [-0.3, -0.25) is 0 Å². The number of benzene rings is 1. The molecule has 2 aromatic rings. The van der Waals surface area contributed by atoms with Crippen LogP contribution in [0.2, 0.25) is 0 Å². The first-order valence-electron chi connectivity index (χ1n) is 6.76. The van der Waals surface area contributed by atoms with Crippen molar-refractivity contribution in [2.45, 2.75) is 0 Å². The van der Waals surface area contributed by atoms with E-state index >= 15 is 0 Å². The number of esters is 1. The van der Waals surface area contributed by atoms with Crippen molar-refractivity contribution in [2.24, 2.45) is 4.99 Å². The van der Waals surface area contributed by atoms with Gasteiger partial charge in [-0.25, -0.2) is 9.79 Å². The summed E-state index contributed by atoms with van der Waals surface area (Å²) < 4.78 is 21.2. The number of hydrogen-bond donors (Lipinski definition) is 0. The molecule has 0 saturated heterocycles. The Hall–Kier alpha value is -3.02. The molecule has 0 atom stereocenters. The number of nitrogens with zero attached hydrogens (tertiary/aromatic N) is 1. The number of hydrogen-bond acceptors (Lipinski definition) is 6. The highest BCUT2D eigenvalue weighted by molar-refractivity contribution is 6.11. The summed E-state index contributed by atoms with van der Waals surface area (Å²) >= 11 is 0. The first-order chi connectivity index (χ1) is 10.8. The molecule has 6 heteroatoms. The highest BCUT2D eigenvalue weighted by Crippen LogP contribution is 2.32. The zero-order valence-electron chi connectivity index (χ0n) is 11.4. The monoisotopic (exact) mass is 297 g/mol. The third kappa shape index (κ3) is 2.24. The molecule has 1 aromatic heterocycles. The van der Waals surface area contributed by atoms with Crippen molar-refractivity contribution in [3.05, 3.63) is 53.6 Å². The Morgan fingerprint density at radius 2 is 1.95 bits per heavy atom. The quantitative estimate of drug-likeness (QED) is 0.629. The van der Waals surface area contributed by atoms with Crippen molar-refractivity contribution in [1.29, 1.82) is 0 Å². The fourth-order valence-electron chi connectivity index (χ4n) is 2.22. The Balaban J connectivity index is 1.66. The summed E-state index contributed by atoms with van der Waals surface area (Å²) in [7, 11) is 0. The number of fused-ring (bicyclic) bond motifs is 1. The topological polar surface area (TPSA) is 70.3 Å². The van der Waals surface area contributed by atoms with Crippen LogP contribution < -0.4 is 9.47 Å². The third-order valence-electron chi connectivity index (χ3n) is 3.22. The van der Waals surface area contributed by atoms with Crippen molar-refractivity contribution in [3.8, 4) is 11.5 Å². The molecule has 4 rings (SSSR count). The van der Waals surface area contributed by atoms with E-state index < -0.39 is 5.97 Å². The van der Waals surface area contributed by atoms with Gasteiger partial charge in [0.1, 0.15) is 13.2 Å². The number of furan rings is 1. The molecule has 0 spiro atoms. The fourth-order valence-corrected chi connectivity index (χ4v) is 2.22. The van der Waals surface area contributed by atoms with Gasteiger partial charge in [-0.05, 0) is 35.9 Å². The predicted octanol–water partition coefficient (Wildman–Crippen LogP) is 2.40. The lowest BCUT2D eigenvalue weighted by molar-refractivity contribution is -0.130. The van der Waals surface area contributed by atoms with Crippen molar-refractivity contribution in [2.75, 3.05) is 13.2 Å².